The highest BCUT2D eigenvalue weighted by Crippen LogP contribution is 2.19. The molecule has 0 saturated carbocycles. The molecule has 8 heteroatoms. The zero-order valence-electron chi connectivity index (χ0n) is 12.0. The third-order valence-electron chi connectivity index (χ3n) is 3.13. The molecule has 0 aromatic heterocycles. The molecule has 0 bridgehead atoms. The van der Waals surface area contributed by atoms with E-state index in [1.165, 1.54) is 36.4 Å². The maximum atomic E-state index is 12.3. The van der Waals surface area contributed by atoms with E-state index in [4.69, 9.17) is 10.2 Å². The van der Waals surface area contributed by atoms with E-state index in [-0.39, 0.29) is 21.7 Å². The highest BCUT2D eigenvalue weighted by Gasteiger charge is 2.18. The molecule has 0 atom stereocenters. The van der Waals surface area contributed by atoms with E-state index < -0.39 is 22.0 Å². The lowest BCUT2D eigenvalue weighted by atomic mass is 10.1. The van der Waals surface area contributed by atoms with Crippen LogP contribution in [0.25, 0.3) is 0 Å². The Kier molecular flexibility index (Phi) is 4.37. The van der Waals surface area contributed by atoms with Crippen LogP contribution in [-0.4, -0.2) is 30.6 Å². The van der Waals surface area contributed by atoms with Gasteiger partial charge in [-0.05, 0) is 48.9 Å². The van der Waals surface area contributed by atoms with E-state index in [1.54, 1.807) is 6.92 Å². The number of anilines is 1. The van der Waals surface area contributed by atoms with Crippen molar-refractivity contribution in [3.05, 3.63) is 59.2 Å². The van der Waals surface area contributed by atoms with Crippen molar-refractivity contribution >= 4 is 27.6 Å². The average Bonchev–Trinajstić information content (AvgIpc) is 2.47. The van der Waals surface area contributed by atoms with Crippen LogP contribution < -0.4 is 4.72 Å². The van der Waals surface area contributed by atoms with Crippen LogP contribution in [0, 0.1) is 6.92 Å². The van der Waals surface area contributed by atoms with E-state index in [0.717, 1.165) is 6.07 Å². The van der Waals surface area contributed by atoms with Crippen LogP contribution in [0.15, 0.2) is 47.4 Å². The van der Waals surface area contributed by atoms with Crippen molar-refractivity contribution in [2.24, 2.45) is 0 Å². The summed E-state index contributed by atoms with van der Waals surface area (Å²) in [5.41, 5.74) is 0.542. The second-order valence-electron chi connectivity index (χ2n) is 4.77. The Morgan fingerprint density at radius 2 is 1.57 bits per heavy atom. The summed E-state index contributed by atoms with van der Waals surface area (Å²) in [4.78, 5) is 21.7. The molecule has 2 aromatic rings. The molecular weight excluding hydrogens is 322 g/mol. The summed E-state index contributed by atoms with van der Waals surface area (Å²) in [6, 6.07) is 8.93. The van der Waals surface area contributed by atoms with Crippen LogP contribution in [-0.2, 0) is 10.0 Å². The smallest absolute Gasteiger partial charge is 0.335 e. The third-order valence-corrected chi connectivity index (χ3v) is 4.51. The molecule has 7 nitrogen and oxygen atoms in total. The number of benzene rings is 2. The maximum absolute atomic E-state index is 12.3. The zero-order valence-corrected chi connectivity index (χ0v) is 12.8. The number of nitrogens with one attached hydrogen (secondary N) is 1. The summed E-state index contributed by atoms with van der Waals surface area (Å²) < 4.78 is 26.8. The van der Waals surface area contributed by atoms with E-state index in [9.17, 15) is 18.0 Å². The second-order valence-corrected chi connectivity index (χ2v) is 6.45. The minimum Gasteiger partial charge on any atom is -0.478 e. The quantitative estimate of drug-likeness (QED) is 0.770. The molecule has 0 heterocycles. The second kappa shape index (κ2) is 6.09. The van der Waals surface area contributed by atoms with Crippen molar-refractivity contribution in [3.63, 3.8) is 0 Å². The van der Waals surface area contributed by atoms with Gasteiger partial charge >= 0.3 is 11.9 Å². The number of hydrogen-bond donors (Lipinski definition) is 3. The van der Waals surface area contributed by atoms with Crippen molar-refractivity contribution in [2.45, 2.75) is 11.8 Å². The van der Waals surface area contributed by atoms with Gasteiger partial charge in [0.25, 0.3) is 10.0 Å². The summed E-state index contributed by atoms with van der Waals surface area (Å²) in [5.74, 6) is -2.34. The van der Waals surface area contributed by atoms with Crippen LogP contribution in [0.1, 0.15) is 26.3 Å². The standard InChI is InChI=1S/C15H13NO6S/c1-9-2-7-12(8-13(9)15(19)20)23(21,22)16-11-5-3-10(4-6-11)14(17)18/h2-8,16H,1H3,(H,17,18)(H,19,20). The first kappa shape index (κ1) is 16.5. The number of carboxylic acid groups (broad SMARTS) is 2. The lowest BCUT2D eigenvalue weighted by Gasteiger charge is -2.10. The highest BCUT2D eigenvalue weighted by molar-refractivity contribution is 7.92. The van der Waals surface area contributed by atoms with Crippen LogP contribution in [0.2, 0.25) is 0 Å². The summed E-state index contributed by atoms with van der Waals surface area (Å²) >= 11 is 0. The first-order valence-corrected chi connectivity index (χ1v) is 7.89. The van der Waals surface area contributed by atoms with Gasteiger partial charge in [-0.2, -0.15) is 0 Å². The molecule has 0 radical (unpaired) electrons. The first-order valence-electron chi connectivity index (χ1n) is 6.41. The van der Waals surface area contributed by atoms with Crippen molar-refractivity contribution in [2.75, 3.05) is 4.72 Å². The SMILES string of the molecule is Cc1ccc(S(=O)(=O)Nc2ccc(C(=O)O)cc2)cc1C(=O)O. The highest BCUT2D eigenvalue weighted by atomic mass is 32.2. The van der Waals surface area contributed by atoms with Crippen molar-refractivity contribution < 1.29 is 28.2 Å². The fraction of sp³-hybridized carbons (Fsp3) is 0.0667. The third kappa shape index (κ3) is 3.67. The molecule has 0 aliphatic rings. The molecule has 0 saturated heterocycles. The van der Waals surface area contributed by atoms with Gasteiger partial charge in [0.15, 0.2) is 0 Å². The summed E-state index contributed by atoms with van der Waals surface area (Å²) in [7, 11) is -3.98. The Hall–Kier alpha value is -2.87. The Bertz CT molecular complexity index is 871. The van der Waals surface area contributed by atoms with Gasteiger partial charge in [-0.15, -0.1) is 0 Å². The number of carbonyl (C=O) groups is 2. The number of carboxylic acids is 2. The summed E-state index contributed by atoms with van der Waals surface area (Å²) in [5, 5.41) is 17.9. The summed E-state index contributed by atoms with van der Waals surface area (Å²) in [6.45, 7) is 1.57. The molecule has 0 amide bonds. The fourth-order valence-corrected chi connectivity index (χ4v) is 2.98. The van der Waals surface area contributed by atoms with Crippen LogP contribution in [0.3, 0.4) is 0 Å². The monoisotopic (exact) mass is 335 g/mol. The lowest BCUT2D eigenvalue weighted by Crippen LogP contribution is -2.14. The van der Waals surface area contributed by atoms with E-state index >= 15 is 0 Å². The van der Waals surface area contributed by atoms with Crippen LogP contribution in [0.5, 0.6) is 0 Å². The van der Waals surface area contributed by atoms with Gasteiger partial charge in [-0.3, -0.25) is 4.72 Å². The Labute approximate surface area is 132 Å². The first-order chi connectivity index (χ1) is 10.7. The molecule has 2 rings (SSSR count). The number of aromatic carboxylic acids is 2. The number of rotatable bonds is 5. The van der Waals surface area contributed by atoms with Gasteiger partial charge in [0.2, 0.25) is 0 Å². The average molecular weight is 335 g/mol. The molecule has 23 heavy (non-hydrogen) atoms. The maximum Gasteiger partial charge on any atom is 0.335 e. The molecule has 2 aromatic carbocycles. The normalized spacial score (nSPS) is 11.0. The van der Waals surface area contributed by atoms with E-state index in [2.05, 4.69) is 4.72 Å². The number of hydrogen-bond acceptors (Lipinski definition) is 4. The van der Waals surface area contributed by atoms with Crippen molar-refractivity contribution in [3.8, 4) is 0 Å². The fourth-order valence-electron chi connectivity index (χ4n) is 1.89. The summed E-state index contributed by atoms with van der Waals surface area (Å²) in [6.07, 6.45) is 0. The number of aryl methyl sites for hydroxylation is 1. The molecule has 3 N–H and O–H groups in total. The molecular formula is C15H13NO6S. The molecule has 120 valence electrons. The van der Waals surface area contributed by atoms with Gasteiger partial charge < -0.3 is 10.2 Å². The van der Waals surface area contributed by atoms with Crippen LogP contribution >= 0.6 is 0 Å². The predicted molar refractivity (Wildman–Crippen MR) is 82.3 cm³/mol. The molecule has 0 aliphatic heterocycles. The lowest BCUT2D eigenvalue weighted by molar-refractivity contribution is 0.0685. The number of sulfonamides is 1. The molecule has 0 fully saturated rings. The van der Waals surface area contributed by atoms with E-state index in [1.807, 2.05) is 0 Å². The van der Waals surface area contributed by atoms with E-state index in [0.29, 0.717) is 5.56 Å². The van der Waals surface area contributed by atoms with Gasteiger partial charge in [0.05, 0.1) is 16.0 Å². The minimum atomic E-state index is -3.98. The van der Waals surface area contributed by atoms with Crippen LogP contribution in [0.4, 0.5) is 5.69 Å². The Balaban J connectivity index is 2.33. The molecule has 0 unspecified atom stereocenters. The largest absolute Gasteiger partial charge is 0.478 e. The van der Waals surface area contributed by atoms with Gasteiger partial charge in [0, 0.05) is 5.69 Å². The van der Waals surface area contributed by atoms with Gasteiger partial charge in [-0.1, -0.05) is 6.07 Å². The van der Waals surface area contributed by atoms with Crippen molar-refractivity contribution in [1.29, 1.82) is 0 Å². The minimum absolute atomic E-state index is 0.0245. The topological polar surface area (TPSA) is 121 Å². The zero-order chi connectivity index (χ0) is 17.2. The molecule has 0 spiro atoms. The van der Waals surface area contributed by atoms with Gasteiger partial charge in [-0.25, -0.2) is 18.0 Å². The predicted octanol–water partition coefficient (Wildman–Crippen LogP) is 2.19. The molecule has 0 aliphatic carbocycles. The Morgan fingerprint density at radius 1 is 0.957 bits per heavy atom. The van der Waals surface area contributed by atoms with Gasteiger partial charge in [0.1, 0.15) is 0 Å². The Morgan fingerprint density at radius 3 is 2.09 bits per heavy atom. The van der Waals surface area contributed by atoms with Crippen molar-refractivity contribution in [1.82, 2.24) is 0 Å².